The van der Waals surface area contributed by atoms with Crippen LogP contribution in [0.2, 0.25) is 0 Å². The molecule has 2 aromatic rings. The number of H-pyrrole nitrogens is 1. The number of rotatable bonds is 9. The zero-order chi connectivity index (χ0) is 20.5. The molecular formula is C19H24N4O4S. The van der Waals surface area contributed by atoms with Gasteiger partial charge in [-0.05, 0) is 30.8 Å². The summed E-state index contributed by atoms with van der Waals surface area (Å²) in [6.45, 7) is 2.10. The molecule has 2 rings (SSSR count). The van der Waals surface area contributed by atoms with Gasteiger partial charge in [-0.15, -0.1) is 0 Å². The van der Waals surface area contributed by atoms with Crippen LogP contribution in [0.5, 0.6) is 11.6 Å². The molecule has 9 heteroatoms. The first kappa shape index (κ1) is 21.4. The fourth-order valence-corrected chi connectivity index (χ4v) is 2.87. The fraction of sp³-hybridized carbons (Fsp3) is 0.368. The van der Waals surface area contributed by atoms with Gasteiger partial charge < -0.3 is 9.84 Å². The minimum atomic E-state index is -0.609. The molecule has 0 aliphatic rings. The second kappa shape index (κ2) is 10.4. The molecule has 0 saturated carbocycles. The molecule has 0 bridgehead atoms. The largest absolute Gasteiger partial charge is 0.497 e. The number of amides is 1. The maximum absolute atomic E-state index is 12.2. The molecule has 0 spiro atoms. The zero-order valence-electron chi connectivity index (χ0n) is 15.9. The number of benzene rings is 1. The van der Waals surface area contributed by atoms with Crippen molar-refractivity contribution in [3.8, 4) is 17.3 Å². The third-order valence-electron chi connectivity index (χ3n) is 4.07. The Labute approximate surface area is 167 Å². The van der Waals surface area contributed by atoms with E-state index in [9.17, 15) is 14.7 Å². The Balaban J connectivity index is 2.22. The second-order valence-electron chi connectivity index (χ2n) is 6.14. The van der Waals surface area contributed by atoms with Crippen LogP contribution in [0, 0.1) is 4.77 Å². The van der Waals surface area contributed by atoms with Crippen LogP contribution in [0.1, 0.15) is 44.6 Å². The SMILES string of the molecule is CCCCCCC(=O)NN=Cc1c(O)n(-c2cccc(OC)c2)c(=S)[nH]c1=O. The van der Waals surface area contributed by atoms with Crippen molar-refractivity contribution in [2.24, 2.45) is 5.10 Å². The number of unbranched alkanes of at least 4 members (excludes halogenated alkanes) is 3. The zero-order valence-corrected chi connectivity index (χ0v) is 16.7. The van der Waals surface area contributed by atoms with Crippen LogP contribution in [0.15, 0.2) is 34.2 Å². The molecule has 3 N–H and O–H groups in total. The van der Waals surface area contributed by atoms with E-state index in [1.54, 1.807) is 24.3 Å². The lowest BCUT2D eigenvalue weighted by Gasteiger charge is -2.12. The molecule has 0 unspecified atom stereocenters. The number of carbonyl (C=O) groups excluding carboxylic acids is 1. The number of hydrogen-bond acceptors (Lipinski definition) is 6. The number of carbonyl (C=O) groups is 1. The molecule has 28 heavy (non-hydrogen) atoms. The van der Waals surface area contributed by atoms with Crippen molar-refractivity contribution >= 4 is 24.3 Å². The van der Waals surface area contributed by atoms with Crippen molar-refractivity contribution in [1.29, 1.82) is 0 Å². The number of aromatic amines is 1. The third-order valence-corrected chi connectivity index (χ3v) is 4.36. The number of hydrazone groups is 1. The summed E-state index contributed by atoms with van der Waals surface area (Å²) >= 11 is 5.16. The first-order valence-electron chi connectivity index (χ1n) is 9.02. The Morgan fingerprint density at radius 1 is 1.39 bits per heavy atom. The van der Waals surface area contributed by atoms with E-state index < -0.39 is 5.56 Å². The molecule has 0 saturated heterocycles. The van der Waals surface area contributed by atoms with Crippen LogP contribution in [-0.4, -0.2) is 33.9 Å². The van der Waals surface area contributed by atoms with E-state index in [2.05, 4.69) is 22.4 Å². The Kier molecular flexibility index (Phi) is 7.94. The summed E-state index contributed by atoms with van der Waals surface area (Å²) < 4.78 is 6.48. The average molecular weight is 404 g/mol. The minimum Gasteiger partial charge on any atom is -0.497 e. The second-order valence-corrected chi connectivity index (χ2v) is 6.52. The Bertz CT molecular complexity index is 965. The van der Waals surface area contributed by atoms with Gasteiger partial charge in [-0.3, -0.25) is 19.1 Å². The predicted molar refractivity (Wildman–Crippen MR) is 110 cm³/mol. The molecule has 0 radical (unpaired) electrons. The topological polar surface area (TPSA) is 109 Å². The fourth-order valence-electron chi connectivity index (χ4n) is 2.58. The monoisotopic (exact) mass is 404 g/mol. The standard InChI is InChI=1S/C19H24N4O4S/c1-3-4-5-6-10-16(24)22-20-12-15-17(25)21-19(28)23(18(15)26)13-8-7-9-14(11-13)27-2/h7-9,11-12,26H,3-6,10H2,1-2H3,(H,22,24)(H,21,25,28). The van der Waals surface area contributed by atoms with Crippen molar-refractivity contribution in [3.05, 3.63) is 45.0 Å². The first-order valence-corrected chi connectivity index (χ1v) is 9.43. The smallest absolute Gasteiger partial charge is 0.264 e. The van der Waals surface area contributed by atoms with Gasteiger partial charge in [-0.25, -0.2) is 5.43 Å². The number of nitrogens with one attached hydrogen (secondary N) is 2. The maximum atomic E-state index is 12.2. The van der Waals surface area contributed by atoms with Gasteiger partial charge in [0.2, 0.25) is 11.8 Å². The van der Waals surface area contributed by atoms with Crippen molar-refractivity contribution in [3.63, 3.8) is 0 Å². The quantitative estimate of drug-likeness (QED) is 0.258. The minimum absolute atomic E-state index is 0.0212. The summed E-state index contributed by atoms with van der Waals surface area (Å²) in [5.74, 6) is -0.0673. The molecule has 150 valence electrons. The normalized spacial score (nSPS) is 10.9. The molecule has 0 atom stereocenters. The Morgan fingerprint density at radius 2 is 2.18 bits per heavy atom. The van der Waals surface area contributed by atoms with Crippen molar-refractivity contribution in [2.75, 3.05) is 7.11 Å². The number of aromatic hydroxyl groups is 1. The van der Waals surface area contributed by atoms with E-state index in [4.69, 9.17) is 17.0 Å². The van der Waals surface area contributed by atoms with E-state index in [-0.39, 0.29) is 22.1 Å². The van der Waals surface area contributed by atoms with Gasteiger partial charge in [-0.2, -0.15) is 5.10 Å². The van der Waals surface area contributed by atoms with Gasteiger partial charge in [0.1, 0.15) is 11.3 Å². The average Bonchev–Trinajstić information content (AvgIpc) is 2.67. The van der Waals surface area contributed by atoms with Crippen molar-refractivity contribution in [2.45, 2.75) is 39.0 Å². The summed E-state index contributed by atoms with van der Waals surface area (Å²) in [6.07, 6.45) is 5.39. The van der Waals surface area contributed by atoms with E-state index >= 15 is 0 Å². The van der Waals surface area contributed by atoms with Gasteiger partial charge in [0, 0.05) is 12.5 Å². The molecule has 1 amide bonds. The van der Waals surface area contributed by atoms with Crippen LogP contribution in [-0.2, 0) is 4.79 Å². The van der Waals surface area contributed by atoms with Crippen molar-refractivity contribution in [1.82, 2.24) is 15.0 Å². The molecule has 8 nitrogen and oxygen atoms in total. The number of aromatic nitrogens is 2. The van der Waals surface area contributed by atoms with Gasteiger partial charge >= 0.3 is 0 Å². The van der Waals surface area contributed by atoms with Crippen molar-refractivity contribution < 1.29 is 14.6 Å². The van der Waals surface area contributed by atoms with E-state index in [0.717, 1.165) is 31.9 Å². The lowest BCUT2D eigenvalue weighted by atomic mass is 10.1. The number of methoxy groups -OCH3 is 1. The summed E-state index contributed by atoms with van der Waals surface area (Å²) in [5.41, 5.74) is 2.14. The summed E-state index contributed by atoms with van der Waals surface area (Å²) in [4.78, 5) is 26.4. The highest BCUT2D eigenvalue weighted by atomic mass is 32.1. The molecule has 0 aliphatic heterocycles. The first-order chi connectivity index (χ1) is 13.5. The number of ether oxygens (including phenoxy) is 1. The van der Waals surface area contributed by atoms with Gasteiger partial charge in [-0.1, -0.05) is 32.3 Å². The van der Waals surface area contributed by atoms with Crippen LogP contribution in [0.25, 0.3) is 5.69 Å². The molecular weight excluding hydrogens is 380 g/mol. The van der Waals surface area contributed by atoms with Crippen LogP contribution in [0.3, 0.4) is 0 Å². The highest BCUT2D eigenvalue weighted by Gasteiger charge is 2.13. The van der Waals surface area contributed by atoms with E-state index in [1.807, 2.05) is 0 Å². The Hall–Kier alpha value is -2.94. The maximum Gasteiger partial charge on any atom is 0.264 e. The number of hydrogen-bond donors (Lipinski definition) is 3. The van der Waals surface area contributed by atoms with Crippen LogP contribution >= 0.6 is 12.2 Å². The molecule has 0 aliphatic carbocycles. The lowest BCUT2D eigenvalue weighted by Crippen LogP contribution is -2.21. The molecule has 0 fully saturated rings. The summed E-state index contributed by atoms with van der Waals surface area (Å²) in [6, 6.07) is 6.84. The highest BCUT2D eigenvalue weighted by molar-refractivity contribution is 7.71. The van der Waals surface area contributed by atoms with Crippen LogP contribution < -0.4 is 15.7 Å². The third kappa shape index (κ3) is 5.53. The molecule has 1 aromatic heterocycles. The van der Waals surface area contributed by atoms with Crippen LogP contribution in [0.4, 0.5) is 0 Å². The van der Waals surface area contributed by atoms with Gasteiger partial charge in [0.25, 0.3) is 5.56 Å². The Morgan fingerprint density at radius 3 is 2.89 bits per heavy atom. The van der Waals surface area contributed by atoms with E-state index in [1.165, 1.54) is 11.7 Å². The molecule has 1 aromatic carbocycles. The molecule has 1 heterocycles. The number of nitrogens with zero attached hydrogens (tertiary/aromatic N) is 2. The van der Waals surface area contributed by atoms with Gasteiger partial charge in [0.05, 0.1) is 19.0 Å². The van der Waals surface area contributed by atoms with E-state index in [0.29, 0.717) is 17.9 Å². The predicted octanol–water partition coefficient (Wildman–Crippen LogP) is 3.03. The van der Waals surface area contributed by atoms with Gasteiger partial charge in [0.15, 0.2) is 4.77 Å². The summed E-state index contributed by atoms with van der Waals surface area (Å²) in [7, 11) is 1.52. The highest BCUT2D eigenvalue weighted by Crippen LogP contribution is 2.22. The summed E-state index contributed by atoms with van der Waals surface area (Å²) in [5, 5.41) is 14.3. The lowest BCUT2D eigenvalue weighted by molar-refractivity contribution is -0.121.